The van der Waals surface area contributed by atoms with Crippen molar-refractivity contribution in [3.8, 4) is 0 Å². The van der Waals surface area contributed by atoms with Crippen molar-refractivity contribution in [2.45, 2.75) is 31.2 Å². The zero-order valence-corrected chi connectivity index (χ0v) is 11.4. The van der Waals surface area contributed by atoms with Crippen molar-refractivity contribution in [1.82, 2.24) is 5.32 Å². The molecule has 94 valence electrons. The topological polar surface area (TPSA) is 41.1 Å². The van der Waals surface area contributed by atoms with E-state index in [2.05, 4.69) is 24.5 Å². The van der Waals surface area contributed by atoms with Crippen molar-refractivity contribution in [1.29, 1.82) is 0 Å². The van der Waals surface area contributed by atoms with Crippen LogP contribution in [0.4, 0.5) is 5.69 Å². The third kappa shape index (κ3) is 5.24. The number of hydrogen-bond donors (Lipinski definition) is 2. The highest BCUT2D eigenvalue weighted by atomic mass is 32.2. The van der Waals surface area contributed by atoms with Gasteiger partial charge in [0.2, 0.25) is 5.91 Å². The summed E-state index contributed by atoms with van der Waals surface area (Å²) in [5.41, 5.74) is 0.898. The van der Waals surface area contributed by atoms with Crippen molar-refractivity contribution in [2.24, 2.45) is 0 Å². The highest BCUT2D eigenvalue weighted by Crippen LogP contribution is 2.24. The standard InChI is InChI=1S/C13H20N2OS/c1-10(2)14-9-8-13(16)15-11-6-4-5-7-12(11)17-3/h4-7,10,14H,8-9H2,1-3H3,(H,15,16). The normalized spacial score (nSPS) is 10.6. The predicted octanol–water partition coefficient (Wildman–Crippen LogP) is 2.74. The van der Waals surface area contributed by atoms with Gasteiger partial charge >= 0.3 is 0 Å². The van der Waals surface area contributed by atoms with E-state index in [0.29, 0.717) is 19.0 Å². The van der Waals surface area contributed by atoms with Gasteiger partial charge in [-0.05, 0) is 18.4 Å². The molecule has 0 aliphatic heterocycles. The van der Waals surface area contributed by atoms with Gasteiger partial charge in [-0.1, -0.05) is 26.0 Å². The molecule has 0 atom stereocenters. The molecule has 17 heavy (non-hydrogen) atoms. The van der Waals surface area contributed by atoms with E-state index >= 15 is 0 Å². The van der Waals surface area contributed by atoms with Crippen molar-refractivity contribution >= 4 is 23.4 Å². The molecule has 0 fully saturated rings. The summed E-state index contributed by atoms with van der Waals surface area (Å²) in [4.78, 5) is 12.8. The van der Waals surface area contributed by atoms with Gasteiger partial charge in [-0.3, -0.25) is 4.79 Å². The molecule has 1 aromatic rings. The Labute approximate surface area is 107 Å². The Balaban J connectivity index is 2.45. The van der Waals surface area contributed by atoms with Gasteiger partial charge in [-0.2, -0.15) is 0 Å². The summed E-state index contributed by atoms with van der Waals surface area (Å²) in [5, 5.41) is 6.16. The highest BCUT2D eigenvalue weighted by molar-refractivity contribution is 7.98. The fourth-order valence-corrected chi connectivity index (χ4v) is 1.99. The lowest BCUT2D eigenvalue weighted by Crippen LogP contribution is -2.27. The van der Waals surface area contributed by atoms with E-state index in [1.807, 2.05) is 30.5 Å². The molecule has 0 unspecified atom stereocenters. The Bertz CT molecular complexity index is 366. The van der Waals surface area contributed by atoms with Crippen molar-refractivity contribution in [3.05, 3.63) is 24.3 Å². The second-order valence-corrected chi connectivity index (χ2v) is 4.96. The summed E-state index contributed by atoms with van der Waals surface area (Å²) in [6.45, 7) is 4.85. The molecule has 0 saturated carbocycles. The fraction of sp³-hybridized carbons (Fsp3) is 0.462. The van der Waals surface area contributed by atoms with Gasteiger partial charge in [-0.15, -0.1) is 11.8 Å². The second kappa shape index (κ2) is 7.35. The minimum atomic E-state index is 0.0552. The molecule has 0 bridgehead atoms. The van der Waals surface area contributed by atoms with Crippen molar-refractivity contribution in [3.63, 3.8) is 0 Å². The van der Waals surface area contributed by atoms with Crippen molar-refractivity contribution in [2.75, 3.05) is 18.1 Å². The van der Waals surface area contributed by atoms with E-state index in [0.717, 1.165) is 10.6 Å². The zero-order valence-electron chi connectivity index (χ0n) is 10.6. The zero-order chi connectivity index (χ0) is 12.7. The largest absolute Gasteiger partial charge is 0.325 e. The first kappa shape index (κ1) is 14.1. The van der Waals surface area contributed by atoms with E-state index < -0.39 is 0 Å². The van der Waals surface area contributed by atoms with Crippen LogP contribution in [0.3, 0.4) is 0 Å². The molecule has 0 radical (unpaired) electrons. The SMILES string of the molecule is CSc1ccccc1NC(=O)CCNC(C)C. The van der Waals surface area contributed by atoms with Gasteiger partial charge in [0.15, 0.2) is 0 Å². The molecule has 0 spiro atoms. The van der Waals surface area contributed by atoms with Crippen LogP contribution in [-0.4, -0.2) is 24.7 Å². The number of hydrogen-bond acceptors (Lipinski definition) is 3. The smallest absolute Gasteiger partial charge is 0.225 e. The number of benzene rings is 1. The quantitative estimate of drug-likeness (QED) is 0.765. The number of anilines is 1. The summed E-state index contributed by atoms with van der Waals surface area (Å²) < 4.78 is 0. The van der Waals surface area contributed by atoms with Gasteiger partial charge in [0.1, 0.15) is 0 Å². The van der Waals surface area contributed by atoms with Gasteiger partial charge in [0.25, 0.3) is 0 Å². The van der Waals surface area contributed by atoms with Gasteiger partial charge < -0.3 is 10.6 Å². The van der Waals surface area contributed by atoms with Crippen LogP contribution in [0.5, 0.6) is 0 Å². The third-order valence-electron chi connectivity index (χ3n) is 2.29. The molecule has 1 amide bonds. The Morgan fingerprint density at radius 1 is 1.35 bits per heavy atom. The maximum atomic E-state index is 11.7. The Hall–Kier alpha value is -1.00. The summed E-state index contributed by atoms with van der Waals surface area (Å²) in [5.74, 6) is 0.0552. The summed E-state index contributed by atoms with van der Waals surface area (Å²) in [6.07, 6.45) is 2.51. The average molecular weight is 252 g/mol. The molecule has 0 aliphatic rings. The maximum absolute atomic E-state index is 11.7. The molecule has 0 saturated heterocycles. The molecule has 1 rings (SSSR count). The molecule has 0 heterocycles. The number of para-hydroxylation sites is 1. The van der Waals surface area contributed by atoms with E-state index in [9.17, 15) is 4.79 Å². The monoisotopic (exact) mass is 252 g/mol. The number of nitrogens with one attached hydrogen (secondary N) is 2. The van der Waals surface area contributed by atoms with Crippen LogP contribution in [0.25, 0.3) is 0 Å². The van der Waals surface area contributed by atoms with Crippen LogP contribution in [-0.2, 0) is 4.79 Å². The summed E-state index contributed by atoms with van der Waals surface area (Å²) >= 11 is 1.64. The maximum Gasteiger partial charge on any atom is 0.225 e. The number of thioether (sulfide) groups is 1. The van der Waals surface area contributed by atoms with Gasteiger partial charge in [-0.25, -0.2) is 0 Å². The Morgan fingerprint density at radius 3 is 2.71 bits per heavy atom. The highest BCUT2D eigenvalue weighted by Gasteiger charge is 2.05. The van der Waals surface area contributed by atoms with Gasteiger partial charge in [0, 0.05) is 23.9 Å². The number of amides is 1. The average Bonchev–Trinajstić information content (AvgIpc) is 2.29. The Kier molecular flexibility index (Phi) is 6.08. The lowest BCUT2D eigenvalue weighted by Gasteiger charge is -2.10. The predicted molar refractivity (Wildman–Crippen MR) is 74.6 cm³/mol. The molecule has 0 aromatic heterocycles. The summed E-state index contributed by atoms with van der Waals surface area (Å²) in [7, 11) is 0. The molecule has 4 heteroatoms. The molecular formula is C13H20N2OS. The summed E-state index contributed by atoms with van der Waals surface area (Å²) in [6, 6.07) is 8.26. The number of rotatable bonds is 6. The Morgan fingerprint density at radius 2 is 2.06 bits per heavy atom. The van der Waals surface area contributed by atoms with Crippen LogP contribution >= 0.6 is 11.8 Å². The number of carbonyl (C=O) groups excluding carboxylic acids is 1. The molecule has 2 N–H and O–H groups in total. The molecule has 3 nitrogen and oxygen atoms in total. The van der Waals surface area contributed by atoms with E-state index in [-0.39, 0.29) is 5.91 Å². The first-order valence-electron chi connectivity index (χ1n) is 5.79. The lowest BCUT2D eigenvalue weighted by atomic mass is 10.3. The minimum Gasteiger partial charge on any atom is -0.325 e. The molecule has 0 aliphatic carbocycles. The second-order valence-electron chi connectivity index (χ2n) is 4.11. The van der Waals surface area contributed by atoms with Crippen LogP contribution in [0.15, 0.2) is 29.2 Å². The fourth-order valence-electron chi connectivity index (χ4n) is 1.43. The van der Waals surface area contributed by atoms with Crippen LogP contribution in [0, 0.1) is 0 Å². The molecular weight excluding hydrogens is 232 g/mol. The van der Waals surface area contributed by atoms with Crippen LogP contribution < -0.4 is 10.6 Å². The lowest BCUT2D eigenvalue weighted by molar-refractivity contribution is -0.116. The van der Waals surface area contributed by atoms with E-state index in [1.165, 1.54) is 0 Å². The van der Waals surface area contributed by atoms with Crippen molar-refractivity contribution < 1.29 is 4.79 Å². The van der Waals surface area contributed by atoms with E-state index in [4.69, 9.17) is 0 Å². The first-order chi connectivity index (χ1) is 8.13. The van der Waals surface area contributed by atoms with Crippen LogP contribution in [0.1, 0.15) is 20.3 Å². The minimum absolute atomic E-state index is 0.0552. The third-order valence-corrected chi connectivity index (χ3v) is 3.08. The van der Waals surface area contributed by atoms with Crippen LogP contribution in [0.2, 0.25) is 0 Å². The molecule has 1 aromatic carbocycles. The van der Waals surface area contributed by atoms with E-state index in [1.54, 1.807) is 11.8 Å². The van der Waals surface area contributed by atoms with Gasteiger partial charge in [0.05, 0.1) is 5.69 Å². The first-order valence-corrected chi connectivity index (χ1v) is 7.02. The number of carbonyl (C=O) groups is 1.